The van der Waals surface area contributed by atoms with Crippen molar-refractivity contribution in [2.45, 2.75) is 27.7 Å². The molecule has 72 valence electrons. The summed E-state index contributed by atoms with van der Waals surface area (Å²) < 4.78 is 0. The lowest BCUT2D eigenvalue weighted by atomic mass is 10.1. The summed E-state index contributed by atoms with van der Waals surface area (Å²) in [4.78, 5) is 0. The summed E-state index contributed by atoms with van der Waals surface area (Å²) in [6.07, 6.45) is 1.70. The smallest absolute Gasteiger partial charge is 0.0411 e. The zero-order valence-corrected chi connectivity index (χ0v) is 9.02. The molecule has 0 atom stereocenters. The van der Waals surface area contributed by atoms with Crippen LogP contribution in [0.25, 0.3) is 0 Å². The number of hydrogen-bond donors (Lipinski definition) is 1. The molecule has 0 heterocycles. The van der Waals surface area contributed by atoms with Gasteiger partial charge in [0.25, 0.3) is 0 Å². The van der Waals surface area contributed by atoms with E-state index in [1.807, 2.05) is 13.8 Å². The van der Waals surface area contributed by atoms with E-state index in [1.165, 1.54) is 11.1 Å². The van der Waals surface area contributed by atoms with E-state index in [2.05, 4.69) is 43.9 Å². The molecular formula is C12H19N. The highest BCUT2D eigenvalue weighted by molar-refractivity contribution is 5.53. The zero-order chi connectivity index (χ0) is 10.3. The Hall–Kier alpha value is -1.24. The van der Waals surface area contributed by atoms with Crippen LogP contribution in [0.4, 0.5) is 5.69 Å². The van der Waals surface area contributed by atoms with Gasteiger partial charge < -0.3 is 5.32 Å². The van der Waals surface area contributed by atoms with Gasteiger partial charge >= 0.3 is 0 Å². The van der Waals surface area contributed by atoms with Gasteiger partial charge in [-0.3, -0.25) is 0 Å². The summed E-state index contributed by atoms with van der Waals surface area (Å²) in [5, 5.41) is 3.08. The van der Waals surface area contributed by atoms with Crippen LogP contribution in [0.2, 0.25) is 0 Å². The molecule has 0 aliphatic heterocycles. The third kappa shape index (κ3) is 3.79. The fourth-order valence-corrected chi connectivity index (χ4v) is 1.00. The second kappa shape index (κ2) is 6.30. The minimum Gasteiger partial charge on any atom is -0.362 e. The second-order valence-corrected chi connectivity index (χ2v) is 2.67. The first-order chi connectivity index (χ1) is 6.24. The number of benzene rings is 1. The first-order valence-electron chi connectivity index (χ1n) is 4.68. The van der Waals surface area contributed by atoms with Crippen molar-refractivity contribution in [3.05, 3.63) is 42.1 Å². The van der Waals surface area contributed by atoms with Gasteiger partial charge in [-0.25, -0.2) is 0 Å². The van der Waals surface area contributed by atoms with Crippen LogP contribution >= 0.6 is 0 Å². The van der Waals surface area contributed by atoms with E-state index in [-0.39, 0.29) is 0 Å². The Morgan fingerprint density at radius 3 is 2.38 bits per heavy atom. The molecule has 1 aromatic rings. The molecule has 0 unspecified atom stereocenters. The normalized spacial score (nSPS) is 8.31. The fourth-order valence-electron chi connectivity index (χ4n) is 1.00. The molecule has 0 spiro atoms. The Bertz CT molecular complexity index is 264. The molecule has 1 nitrogen and oxygen atoms in total. The highest BCUT2D eigenvalue weighted by Gasteiger charge is 1.93. The number of aryl methyl sites for hydroxylation is 2. The number of nitrogens with one attached hydrogen (secondary N) is 1. The molecule has 0 aromatic heterocycles. The van der Waals surface area contributed by atoms with E-state index in [4.69, 9.17) is 0 Å². The molecule has 1 heteroatoms. The van der Waals surface area contributed by atoms with Crippen molar-refractivity contribution in [2.75, 3.05) is 5.32 Å². The Balaban J connectivity index is 0.000000671. The highest BCUT2D eigenvalue weighted by atomic mass is 14.8. The van der Waals surface area contributed by atoms with Crippen molar-refractivity contribution in [2.24, 2.45) is 0 Å². The summed E-state index contributed by atoms with van der Waals surface area (Å²) in [5.41, 5.74) is 3.65. The molecule has 0 aliphatic rings. The molecule has 1 aromatic carbocycles. The lowest BCUT2D eigenvalue weighted by molar-refractivity contribution is 1.38. The van der Waals surface area contributed by atoms with Gasteiger partial charge in [-0.15, -0.1) is 0 Å². The molecule has 1 rings (SSSR count). The van der Waals surface area contributed by atoms with Gasteiger partial charge in [-0.1, -0.05) is 32.6 Å². The van der Waals surface area contributed by atoms with Crippen LogP contribution in [0, 0.1) is 13.8 Å². The molecule has 0 saturated heterocycles. The number of rotatable bonds is 2. The predicted molar refractivity (Wildman–Crippen MR) is 61.1 cm³/mol. The third-order valence-corrected chi connectivity index (χ3v) is 1.65. The van der Waals surface area contributed by atoms with Gasteiger partial charge in [0.2, 0.25) is 0 Å². The largest absolute Gasteiger partial charge is 0.362 e. The lowest BCUT2D eigenvalue weighted by Gasteiger charge is -2.05. The van der Waals surface area contributed by atoms with Crippen LogP contribution in [-0.2, 0) is 0 Å². The van der Waals surface area contributed by atoms with Crippen LogP contribution in [0.1, 0.15) is 25.0 Å². The van der Waals surface area contributed by atoms with Crippen molar-refractivity contribution in [3.8, 4) is 0 Å². The van der Waals surface area contributed by atoms with Crippen molar-refractivity contribution >= 4 is 5.69 Å². The summed E-state index contributed by atoms with van der Waals surface area (Å²) in [7, 11) is 0. The van der Waals surface area contributed by atoms with Crippen LogP contribution in [0.15, 0.2) is 31.0 Å². The maximum Gasteiger partial charge on any atom is 0.0411 e. The lowest BCUT2D eigenvalue weighted by Crippen LogP contribution is -1.90. The standard InChI is InChI=1S/C10H13N.C2H6/c1-4-11-10-7-8(2)5-6-9(10)3;1-2/h4-7,11H,1H2,2-3H3;1-2H3. The molecule has 0 radical (unpaired) electrons. The minimum atomic E-state index is 1.14. The van der Waals surface area contributed by atoms with Crippen molar-refractivity contribution in [1.29, 1.82) is 0 Å². The molecule has 0 fully saturated rings. The Morgan fingerprint density at radius 2 is 1.85 bits per heavy atom. The number of hydrogen-bond acceptors (Lipinski definition) is 1. The van der Waals surface area contributed by atoms with E-state index in [0.29, 0.717) is 0 Å². The molecule has 0 bridgehead atoms. The monoisotopic (exact) mass is 177 g/mol. The van der Waals surface area contributed by atoms with Crippen LogP contribution in [0.3, 0.4) is 0 Å². The molecule has 0 amide bonds. The second-order valence-electron chi connectivity index (χ2n) is 2.67. The average molecular weight is 177 g/mol. The van der Waals surface area contributed by atoms with E-state index in [9.17, 15) is 0 Å². The summed E-state index contributed by atoms with van der Waals surface area (Å²) in [6.45, 7) is 11.8. The average Bonchev–Trinajstić information content (AvgIpc) is 2.15. The van der Waals surface area contributed by atoms with Gasteiger partial charge in [-0.2, -0.15) is 0 Å². The topological polar surface area (TPSA) is 12.0 Å². The Labute approximate surface area is 81.5 Å². The quantitative estimate of drug-likeness (QED) is 0.722. The number of anilines is 1. The maximum atomic E-state index is 3.62. The van der Waals surface area contributed by atoms with Crippen molar-refractivity contribution in [3.63, 3.8) is 0 Å². The fraction of sp³-hybridized carbons (Fsp3) is 0.333. The SMILES string of the molecule is C=CNc1cc(C)ccc1C.CC. The van der Waals surface area contributed by atoms with Crippen molar-refractivity contribution < 1.29 is 0 Å². The first-order valence-corrected chi connectivity index (χ1v) is 4.68. The van der Waals surface area contributed by atoms with E-state index < -0.39 is 0 Å². The van der Waals surface area contributed by atoms with Gasteiger partial charge in [0.1, 0.15) is 0 Å². The first kappa shape index (κ1) is 11.8. The predicted octanol–water partition coefficient (Wildman–Crippen LogP) is 3.89. The van der Waals surface area contributed by atoms with Gasteiger partial charge in [0.15, 0.2) is 0 Å². The molecule has 0 saturated carbocycles. The maximum absolute atomic E-state index is 3.62. The van der Waals surface area contributed by atoms with Crippen LogP contribution in [0.5, 0.6) is 0 Å². The summed E-state index contributed by atoms with van der Waals surface area (Å²) in [6, 6.07) is 6.31. The van der Waals surface area contributed by atoms with E-state index in [0.717, 1.165) is 5.69 Å². The Kier molecular flexibility index (Phi) is 5.69. The van der Waals surface area contributed by atoms with Gasteiger partial charge in [-0.05, 0) is 37.2 Å². The molecule has 1 N–H and O–H groups in total. The Morgan fingerprint density at radius 1 is 1.23 bits per heavy atom. The van der Waals surface area contributed by atoms with E-state index >= 15 is 0 Å². The summed E-state index contributed by atoms with van der Waals surface area (Å²) >= 11 is 0. The summed E-state index contributed by atoms with van der Waals surface area (Å²) in [5.74, 6) is 0. The highest BCUT2D eigenvalue weighted by Crippen LogP contribution is 2.15. The molecule has 13 heavy (non-hydrogen) atoms. The third-order valence-electron chi connectivity index (χ3n) is 1.65. The molecular weight excluding hydrogens is 158 g/mol. The van der Waals surface area contributed by atoms with Gasteiger partial charge in [0.05, 0.1) is 0 Å². The van der Waals surface area contributed by atoms with Crippen molar-refractivity contribution in [1.82, 2.24) is 0 Å². The van der Waals surface area contributed by atoms with Crippen LogP contribution < -0.4 is 5.32 Å². The van der Waals surface area contributed by atoms with E-state index in [1.54, 1.807) is 6.20 Å². The molecule has 0 aliphatic carbocycles. The minimum absolute atomic E-state index is 1.14. The van der Waals surface area contributed by atoms with Crippen LogP contribution in [-0.4, -0.2) is 0 Å². The zero-order valence-electron chi connectivity index (χ0n) is 9.02. The van der Waals surface area contributed by atoms with Gasteiger partial charge in [0, 0.05) is 5.69 Å².